The first-order chi connectivity index (χ1) is 21.0. The van der Waals surface area contributed by atoms with Gasteiger partial charge in [0.1, 0.15) is 6.04 Å². The highest BCUT2D eigenvalue weighted by Crippen LogP contribution is 2.22. The summed E-state index contributed by atoms with van der Waals surface area (Å²) in [7, 11) is 0. The Hall–Kier alpha value is -4.98. The molecule has 220 valence electrons. The molecular weight excluding hydrogens is 540 g/mol. The van der Waals surface area contributed by atoms with Crippen LogP contribution in [-0.4, -0.2) is 72.2 Å². The van der Waals surface area contributed by atoms with Crippen molar-refractivity contribution in [2.24, 2.45) is 0 Å². The van der Waals surface area contributed by atoms with Gasteiger partial charge in [-0.15, -0.1) is 0 Å². The summed E-state index contributed by atoms with van der Waals surface area (Å²) in [4.78, 5) is 55.7. The average molecular weight is 577 g/mol. The molecule has 0 spiro atoms. The number of piperazine rings is 1. The van der Waals surface area contributed by atoms with Crippen molar-refractivity contribution in [3.8, 4) is 0 Å². The minimum absolute atomic E-state index is 0.0497. The maximum atomic E-state index is 13.8. The Morgan fingerprint density at radius 3 is 1.93 bits per heavy atom. The third kappa shape index (κ3) is 6.92. The van der Waals surface area contributed by atoms with Crippen LogP contribution in [0, 0.1) is 0 Å². The van der Waals surface area contributed by atoms with Gasteiger partial charge in [-0.2, -0.15) is 0 Å². The van der Waals surface area contributed by atoms with Crippen LogP contribution in [0.5, 0.6) is 0 Å². The van der Waals surface area contributed by atoms with E-state index >= 15 is 0 Å². The highest BCUT2D eigenvalue weighted by atomic mass is 16.2. The maximum absolute atomic E-state index is 13.8. The number of benzene rings is 4. The fourth-order valence-corrected chi connectivity index (χ4v) is 5.61. The second-order valence-corrected chi connectivity index (χ2v) is 10.7. The minimum Gasteiger partial charge on any atom is -0.353 e. The van der Waals surface area contributed by atoms with Gasteiger partial charge in [-0.05, 0) is 59.0 Å². The Morgan fingerprint density at radius 2 is 1.28 bits per heavy atom. The van der Waals surface area contributed by atoms with Crippen LogP contribution in [0.2, 0.25) is 0 Å². The van der Waals surface area contributed by atoms with Gasteiger partial charge in [0.15, 0.2) is 0 Å². The molecule has 1 unspecified atom stereocenters. The molecule has 1 atom stereocenters. The lowest BCUT2D eigenvalue weighted by Gasteiger charge is -2.36. The van der Waals surface area contributed by atoms with Gasteiger partial charge < -0.3 is 20.4 Å². The van der Waals surface area contributed by atoms with Crippen molar-refractivity contribution < 1.29 is 19.2 Å². The number of nitrogens with zero attached hydrogens (tertiary/aromatic N) is 2. The fraction of sp³-hybridized carbons (Fsp3) is 0.257. The number of hydrogen-bond acceptors (Lipinski definition) is 4. The first kappa shape index (κ1) is 29.5. The summed E-state index contributed by atoms with van der Waals surface area (Å²) in [6, 6.07) is 26.0. The predicted octanol–water partition coefficient (Wildman–Crippen LogP) is 4.55. The number of carbonyl (C=O) groups is 4. The normalized spacial score (nSPS) is 13.9. The van der Waals surface area contributed by atoms with Gasteiger partial charge in [-0.3, -0.25) is 19.2 Å². The van der Waals surface area contributed by atoms with Gasteiger partial charge in [-0.1, -0.05) is 79.4 Å². The molecule has 4 amide bonds. The zero-order valence-electron chi connectivity index (χ0n) is 24.1. The molecule has 0 saturated carbocycles. The Balaban J connectivity index is 1.26. The molecule has 8 nitrogen and oxygen atoms in total. The van der Waals surface area contributed by atoms with Crippen molar-refractivity contribution >= 4 is 45.2 Å². The van der Waals surface area contributed by atoms with E-state index in [0.29, 0.717) is 63.1 Å². The van der Waals surface area contributed by atoms with E-state index in [9.17, 15) is 19.2 Å². The highest BCUT2D eigenvalue weighted by molar-refractivity contribution is 6.08. The standard InChI is InChI=1S/C35H36N4O4/c1-2-32(40)36-20-8-7-19-31(37-33(41)29-17-9-13-25-11-3-5-15-27(25)29)35(43)39-23-21-38(22-24-39)34(42)30-18-10-14-26-12-4-6-16-28(26)30/h2-6,9-18,31H,1,7-8,19-24H2,(H,36,40)(H,37,41). The van der Waals surface area contributed by atoms with Crippen LogP contribution in [0.15, 0.2) is 97.6 Å². The third-order valence-electron chi connectivity index (χ3n) is 7.94. The molecule has 2 N–H and O–H groups in total. The zero-order valence-corrected chi connectivity index (χ0v) is 24.1. The van der Waals surface area contributed by atoms with Crippen molar-refractivity contribution in [3.05, 3.63) is 109 Å². The fourth-order valence-electron chi connectivity index (χ4n) is 5.61. The van der Waals surface area contributed by atoms with E-state index in [1.165, 1.54) is 6.08 Å². The van der Waals surface area contributed by atoms with Gasteiger partial charge in [0.2, 0.25) is 11.8 Å². The number of carbonyl (C=O) groups excluding carboxylic acids is 4. The van der Waals surface area contributed by atoms with Crippen LogP contribution in [0.4, 0.5) is 0 Å². The molecule has 1 aliphatic rings. The molecule has 0 aromatic heterocycles. The molecule has 1 fully saturated rings. The second kappa shape index (κ2) is 13.8. The Labute approximate surface area is 251 Å². The summed E-state index contributed by atoms with van der Waals surface area (Å²) in [5, 5.41) is 9.44. The first-order valence-corrected chi connectivity index (χ1v) is 14.7. The van der Waals surface area contributed by atoms with Gasteiger partial charge in [0.25, 0.3) is 11.8 Å². The van der Waals surface area contributed by atoms with Crippen LogP contribution in [0.1, 0.15) is 40.0 Å². The van der Waals surface area contributed by atoms with Crippen molar-refractivity contribution in [2.75, 3.05) is 32.7 Å². The number of fused-ring (bicyclic) bond motifs is 2. The molecule has 0 aliphatic carbocycles. The molecule has 43 heavy (non-hydrogen) atoms. The summed E-state index contributed by atoms with van der Waals surface area (Å²) in [5.74, 6) is -0.764. The van der Waals surface area contributed by atoms with Crippen molar-refractivity contribution in [1.82, 2.24) is 20.4 Å². The highest BCUT2D eigenvalue weighted by Gasteiger charge is 2.31. The van der Waals surface area contributed by atoms with Crippen LogP contribution < -0.4 is 10.6 Å². The lowest BCUT2D eigenvalue weighted by atomic mass is 10.0. The molecule has 1 heterocycles. The molecule has 0 radical (unpaired) electrons. The largest absolute Gasteiger partial charge is 0.353 e. The smallest absolute Gasteiger partial charge is 0.254 e. The number of hydrogen-bond donors (Lipinski definition) is 2. The van der Waals surface area contributed by atoms with Gasteiger partial charge in [0.05, 0.1) is 0 Å². The van der Waals surface area contributed by atoms with E-state index < -0.39 is 6.04 Å². The first-order valence-electron chi connectivity index (χ1n) is 14.7. The Morgan fingerprint density at radius 1 is 0.721 bits per heavy atom. The van der Waals surface area contributed by atoms with E-state index in [0.717, 1.165) is 21.5 Å². The third-order valence-corrected chi connectivity index (χ3v) is 7.94. The van der Waals surface area contributed by atoms with Crippen LogP contribution >= 0.6 is 0 Å². The van der Waals surface area contributed by atoms with E-state index in [-0.39, 0.29) is 23.6 Å². The zero-order chi connectivity index (χ0) is 30.2. The molecule has 5 rings (SSSR count). The summed E-state index contributed by atoms with van der Waals surface area (Å²) >= 11 is 0. The van der Waals surface area contributed by atoms with E-state index in [1.807, 2.05) is 78.9 Å². The molecule has 0 bridgehead atoms. The summed E-state index contributed by atoms with van der Waals surface area (Å²) in [6.07, 6.45) is 2.93. The lowest BCUT2D eigenvalue weighted by molar-refractivity contribution is -0.135. The van der Waals surface area contributed by atoms with Gasteiger partial charge in [0, 0.05) is 43.9 Å². The summed E-state index contributed by atoms with van der Waals surface area (Å²) in [6.45, 7) is 5.49. The molecule has 1 aliphatic heterocycles. The van der Waals surface area contributed by atoms with Crippen LogP contribution in [-0.2, 0) is 9.59 Å². The molecule has 4 aromatic carbocycles. The van der Waals surface area contributed by atoms with Crippen LogP contribution in [0.3, 0.4) is 0 Å². The van der Waals surface area contributed by atoms with Gasteiger partial charge >= 0.3 is 0 Å². The van der Waals surface area contributed by atoms with Crippen molar-refractivity contribution in [2.45, 2.75) is 25.3 Å². The molecule has 1 saturated heterocycles. The average Bonchev–Trinajstić information content (AvgIpc) is 3.06. The number of rotatable bonds is 10. The SMILES string of the molecule is C=CC(=O)NCCCCC(NC(=O)c1cccc2ccccc12)C(=O)N1CCN(C(=O)c2cccc3ccccc23)CC1. The predicted molar refractivity (Wildman–Crippen MR) is 169 cm³/mol. The number of nitrogens with one attached hydrogen (secondary N) is 2. The summed E-state index contributed by atoms with van der Waals surface area (Å²) in [5.41, 5.74) is 1.17. The monoisotopic (exact) mass is 576 g/mol. The number of amides is 4. The molecule has 4 aromatic rings. The van der Waals surface area contributed by atoms with E-state index in [2.05, 4.69) is 17.2 Å². The van der Waals surface area contributed by atoms with E-state index in [4.69, 9.17) is 0 Å². The maximum Gasteiger partial charge on any atom is 0.254 e. The minimum atomic E-state index is -0.734. The van der Waals surface area contributed by atoms with E-state index in [1.54, 1.807) is 15.9 Å². The van der Waals surface area contributed by atoms with Crippen LogP contribution in [0.25, 0.3) is 21.5 Å². The second-order valence-electron chi connectivity index (χ2n) is 10.7. The Bertz CT molecular complexity index is 1650. The Kier molecular flexibility index (Phi) is 9.46. The van der Waals surface area contributed by atoms with Crippen molar-refractivity contribution in [1.29, 1.82) is 0 Å². The van der Waals surface area contributed by atoms with Crippen molar-refractivity contribution in [3.63, 3.8) is 0 Å². The topological polar surface area (TPSA) is 98.8 Å². The number of unbranched alkanes of at least 4 members (excludes halogenated alkanes) is 1. The molecular formula is C35H36N4O4. The summed E-state index contributed by atoms with van der Waals surface area (Å²) < 4.78 is 0. The molecule has 8 heteroatoms. The lowest BCUT2D eigenvalue weighted by Crippen LogP contribution is -2.55. The quantitative estimate of drug-likeness (QED) is 0.214. The van der Waals surface area contributed by atoms with Gasteiger partial charge in [-0.25, -0.2) is 0 Å².